The quantitative estimate of drug-likeness (QED) is 0.607. The second-order valence-electron chi connectivity index (χ2n) is 7.13. The van der Waals surface area contributed by atoms with Crippen LogP contribution in [0.5, 0.6) is 0 Å². The SMILES string of the molecule is CC(C)[C@@H]1c2[nH]c3ccccc3c2CCN1C(=O)Nc1ccc(Cl)cc1. The second-order valence-corrected chi connectivity index (χ2v) is 7.57. The predicted octanol–water partition coefficient (Wildman–Crippen LogP) is 5.61. The average molecular weight is 368 g/mol. The number of aromatic amines is 1. The van der Waals surface area contributed by atoms with E-state index in [1.807, 2.05) is 23.1 Å². The fraction of sp³-hybridized carbons (Fsp3) is 0.286. The average Bonchev–Trinajstić information content (AvgIpc) is 3.01. The molecule has 2 aromatic carbocycles. The molecule has 5 heteroatoms. The summed E-state index contributed by atoms with van der Waals surface area (Å²) in [7, 11) is 0. The molecule has 0 fully saturated rings. The molecular formula is C21H22ClN3O. The van der Waals surface area contributed by atoms with Gasteiger partial charge in [-0.2, -0.15) is 0 Å². The first-order chi connectivity index (χ1) is 12.5. The van der Waals surface area contributed by atoms with Crippen LogP contribution in [-0.2, 0) is 6.42 Å². The van der Waals surface area contributed by atoms with Gasteiger partial charge < -0.3 is 15.2 Å². The van der Waals surface area contributed by atoms with Gasteiger partial charge in [-0.05, 0) is 48.2 Å². The number of aromatic nitrogens is 1. The first-order valence-electron chi connectivity index (χ1n) is 8.97. The topological polar surface area (TPSA) is 48.1 Å². The van der Waals surface area contributed by atoms with E-state index in [2.05, 4.69) is 42.3 Å². The molecule has 0 unspecified atom stereocenters. The minimum absolute atomic E-state index is 0.0263. The Kier molecular flexibility index (Phi) is 4.37. The predicted molar refractivity (Wildman–Crippen MR) is 107 cm³/mol. The van der Waals surface area contributed by atoms with Gasteiger partial charge in [0, 0.05) is 33.9 Å². The summed E-state index contributed by atoms with van der Waals surface area (Å²) in [4.78, 5) is 18.5. The number of urea groups is 1. The van der Waals surface area contributed by atoms with E-state index in [0.717, 1.165) is 17.6 Å². The van der Waals surface area contributed by atoms with E-state index in [1.165, 1.54) is 16.6 Å². The van der Waals surface area contributed by atoms with Gasteiger partial charge in [0.15, 0.2) is 0 Å². The van der Waals surface area contributed by atoms with E-state index in [4.69, 9.17) is 11.6 Å². The minimum atomic E-state index is -0.0738. The summed E-state index contributed by atoms with van der Waals surface area (Å²) >= 11 is 5.93. The number of hydrogen-bond donors (Lipinski definition) is 2. The number of nitrogens with zero attached hydrogens (tertiary/aromatic N) is 1. The number of H-pyrrole nitrogens is 1. The van der Waals surface area contributed by atoms with Crippen molar-refractivity contribution in [2.75, 3.05) is 11.9 Å². The lowest BCUT2D eigenvalue weighted by Crippen LogP contribution is -2.44. The highest BCUT2D eigenvalue weighted by Gasteiger charge is 2.35. The molecule has 2 N–H and O–H groups in total. The summed E-state index contributed by atoms with van der Waals surface area (Å²) in [5.74, 6) is 0.304. The number of para-hydroxylation sites is 1. The summed E-state index contributed by atoms with van der Waals surface area (Å²) in [5, 5.41) is 4.93. The Morgan fingerprint density at radius 2 is 1.92 bits per heavy atom. The maximum Gasteiger partial charge on any atom is 0.322 e. The molecule has 1 aliphatic heterocycles. The third kappa shape index (κ3) is 2.95. The van der Waals surface area contributed by atoms with Crippen molar-refractivity contribution in [3.05, 3.63) is 64.8 Å². The van der Waals surface area contributed by atoms with Crippen molar-refractivity contribution in [2.24, 2.45) is 5.92 Å². The Morgan fingerprint density at radius 3 is 2.65 bits per heavy atom. The highest BCUT2D eigenvalue weighted by Crippen LogP contribution is 2.38. The van der Waals surface area contributed by atoms with Crippen molar-refractivity contribution in [2.45, 2.75) is 26.3 Å². The van der Waals surface area contributed by atoms with Crippen molar-refractivity contribution in [1.82, 2.24) is 9.88 Å². The fourth-order valence-corrected chi connectivity index (χ4v) is 4.05. The lowest BCUT2D eigenvalue weighted by molar-refractivity contribution is 0.159. The lowest BCUT2D eigenvalue weighted by atomic mass is 9.90. The van der Waals surface area contributed by atoms with Crippen molar-refractivity contribution in [3.8, 4) is 0 Å². The smallest absolute Gasteiger partial charge is 0.322 e. The number of carbonyl (C=O) groups is 1. The maximum absolute atomic E-state index is 13.0. The Morgan fingerprint density at radius 1 is 1.19 bits per heavy atom. The normalized spacial score (nSPS) is 16.8. The van der Waals surface area contributed by atoms with Crippen molar-refractivity contribution < 1.29 is 4.79 Å². The molecule has 2 amide bonds. The lowest BCUT2D eigenvalue weighted by Gasteiger charge is -2.38. The van der Waals surface area contributed by atoms with E-state index in [9.17, 15) is 4.79 Å². The molecule has 2 heterocycles. The largest absolute Gasteiger partial charge is 0.356 e. The van der Waals surface area contributed by atoms with Crippen LogP contribution < -0.4 is 5.32 Å². The zero-order valence-electron chi connectivity index (χ0n) is 14.9. The molecule has 4 rings (SSSR count). The number of nitrogens with one attached hydrogen (secondary N) is 2. The highest BCUT2D eigenvalue weighted by molar-refractivity contribution is 6.30. The minimum Gasteiger partial charge on any atom is -0.356 e. The van der Waals surface area contributed by atoms with Crippen LogP contribution in [0.15, 0.2) is 48.5 Å². The van der Waals surface area contributed by atoms with Gasteiger partial charge in [-0.1, -0.05) is 43.6 Å². The van der Waals surface area contributed by atoms with Crippen LogP contribution in [0.4, 0.5) is 10.5 Å². The molecule has 0 saturated heterocycles. The number of carbonyl (C=O) groups excluding carboxylic acids is 1. The van der Waals surface area contributed by atoms with Gasteiger partial charge in [0.2, 0.25) is 0 Å². The van der Waals surface area contributed by atoms with Crippen molar-refractivity contribution in [3.63, 3.8) is 0 Å². The number of fused-ring (bicyclic) bond motifs is 3. The molecule has 1 aliphatic rings. The second kappa shape index (κ2) is 6.69. The fourth-order valence-electron chi connectivity index (χ4n) is 3.92. The van der Waals surface area contributed by atoms with Crippen LogP contribution in [0.25, 0.3) is 10.9 Å². The summed E-state index contributed by atoms with van der Waals surface area (Å²) in [6.07, 6.45) is 0.858. The molecule has 0 saturated carbocycles. The number of rotatable bonds is 2. The molecular weight excluding hydrogens is 346 g/mol. The van der Waals surface area contributed by atoms with Crippen LogP contribution >= 0.6 is 11.6 Å². The Labute approximate surface area is 158 Å². The summed E-state index contributed by atoms with van der Waals surface area (Å²) in [6.45, 7) is 5.03. The third-order valence-electron chi connectivity index (χ3n) is 5.07. The van der Waals surface area contributed by atoms with Gasteiger partial charge in [-0.25, -0.2) is 4.79 Å². The number of halogens is 1. The zero-order valence-corrected chi connectivity index (χ0v) is 15.7. The number of anilines is 1. The van der Waals surface area contributed by atoms with E-state index < -0.39 is 0 Å². The molecule has 0 bridgehead atoms. The van der Waals surface area contributed by atoms with Gasteiger partial charge in [0.25, 0.3) is 0 Å². The molecule has 0 aliphatic carbocycles. The first kappa shape index (κ1) is 17.0. The van der Waals surface area contributed by atoms with E-state index in [-0.39, 0.29) is 12.1 Å². The van der Waals surface area contributed by atoms with Crippen molar-refractivity contribution in [1.29, 1.82) is 0 Å². The maximum atomic E-state index is 13.0. The first-order valence-corrected chi connectivity index (χ1v) is 9.35. The number of amides is 2. The van der Waals surface area contributed by atoms with Crippen LogP contribution in [0.1, 0.15) is 31.1 Å². The molecule has 3 aromatic rings. The number of hydrogen-bond acceptors (Lipinski definition) is 1. The van der Waals surface area contributed by atoms with Gasteiger partial charge >= 0.3 is 6.03 Å². The van der Waals surface area contributed by atoms with Gasteiger partial charge in [0.1, 0.15) is 0 Å². The molecule has 134 valence electrons. The monoisotopic (exact) mass is 367 g/mol. The molecule has 0 spiro atoms. The van der Waals surface area contributed by atoms with Crippen LogP contribution in [0.2, 0.25) is 5.02 Å². The standard InChI is InChI=1S/C21H22ClN3O/c1-13(2)20-19-17(16-5-3-4-6-18(16)24-19)11-12-25(20)21(26)23-15-9-7-14(22)8-10-15/h3-10,13,20,24H,11-12H2,1-2H3,(H,23,26)/t20-/m1/s1. The number of benzene rings is 2. The van der Waals surface area contributed by atoms with E-state index in [1.54, 1.807) is 12.1 Å². The Balaban J connectivity index is 1.66. The molecule has 1 atom stereocenters. The van der Waals surface area contributed by atoms with Gasteiger partial charge in [-0.3, -0.25) is 0 Å². The van der Waals surface area contributed by atoms with Gasteiger partial charge in [0.05, 0.1) is 6.04 Å². The van der Waals surface area contributed by atoms with Crippen LogP contribution in [-0.4, -0.2) is 22.5 Å². The molecule has 4 nitrogen and oxygen atoms in total. The summed E-state index contributed by atoms with van der Waals surface area (Å²) in [5.41, 5.74) is 4.40. The highest BCUT2D eigenvalue weighted by atomic mass is 35.5. The van der Waals surface area contributed by atoms with Crippen molar-refractivity contribution >= 4 is 34.2 Å². The summed E-state index contributed by atoms with van der Waals surface area (Å²) in [6, 6.07) is 15.5. The zero-order chi connectivity index (χ0) is 18.3. The van der Waals surface area contributed by atoms with Crippen LogP contribution in [0.3, 0.4) is 0 Å². The van der Waals surface area contributed by atoms with E-state index in [0.29, 0.717) is 17.5 Å². The third-order valence-corrected chi connectivity index (χ3v) is 5.32. The molecule has 0 radical (unpaired) electrons. The summed E-state index contributed by atoms with van der Waals surface area (Å²) < 4.78 is 0. The Hall–Kier alpha value is -2.46. The van der Waals surface area contributed by atoms with E-state index >= 15 is 0 Å². The molecule has 1 aromatic heterocycles. The van der Waals surface area contributed by atoms with Gasteiger partial charge in [-0.15, -0.1) is 0 Å². The molecule has 26 heavy (non-hydrogen) atoms. The van der Waals surface area contributed by atoms with Crippen LogP contribution in [0, 0.1) is 5.92 Å². The Bertz CT molecular complexity index is 946.